The summed E-state index contributed by atoms with van der Waals surface area (Å²) in [5.41, 5.74) is 7.53. The highest BCUT2D eigenvalue weighted by Crippen LogP contribution is 2.25. The van der Waals surface area contributed by atoms with E-state index in [9.17, 15) is 8.78 Å². The first-order valence-corrected chi connectivity index (χ1v) is 7.72. The van der Waals surface area contributed by atoms with E-state index in [2.05, 4.69) is 22.0 Å². The number of piperazine rings is 1. The number of hydrogen-bond acceptors (Lipinski definition) is 4. The molecule has 1 saturated heterocycles. The first-order chi connectivity index (χ1) is 11.2. The molecule has 4 nitrogen and oxygen atoms in total. The van der Waals surface area contributed by atoms with Crippen molar-refractivity contribution in [3.8, 4) is 0 Å². The zero-order valence-electron chi connectivity index (χ0n) is 12.8. The summed E-state index contributed by atoms with van der Waals surface area (Å²) in [5.74, 6) is 0.595. The summed E-state index contributed by atoms with van der Waals surface area (Å²) in [7, 11) is 0. The maximum atomic E-state index is 12.9. The van der Waals surface area contributed by atoms with Gasteiger partial charge in [0.05, 0.1) is 0 Å². The Bertz CT molecular complexity index is 640. The molecular weight excluding hydrogens is 298 g/mol. The van der Waals surface area contributed by atoms with Crippen LogP contribution < -0.4 is 15.5 Å². The Balaban J connectivity index is 1.75. The van der Waals surface area contributed by atoms with Crippen LogP contribution in [0.2, 0.25) is 0 Å². The Hall–Kier alpha value is -2.21. The number of nitrogens with zero attached hydrogens (tertiary/aromatic N) is 3. The van der Waals surface area contributed by atoms with Crippen LogP contribution >= 0.6 is 0 Å². The Morgan fingerprint density at radius 3 is 2.22 bits per heavy atom. The maximum absolute atomic E-state index is 12.9. The van der Waals surface area contributed by atoms with Crippen molar-refractivity contribution >= 4 is 11.5 Å². The van der Waals surface area contributed by atoms with Gasteiger partial charge in [-0.05, 0) is 18.2 Å². The van der Waals surface area contributed by atoms with Crippen LogP contribution in [0, 0.1) is 0 Å². The van der Waals surface area contributed by atoms with Crippen molar-refractivity contribution in [1.82, 2.24) is 4.98 Å². The molecule has 6 heteroatoms. The van der Waals surface area contributed by atoms with E-state index < -0.39 is 6.43 Å². The number of anilines is 2. The van der Waals surface area contributed by atoms with Gasteiger partial charge in [0.15, 0.2) is 0 Å². The van der Waals surface area contributed by atoms with Crippen LogP contribution in [0.15, 0.2) is 42.5 Å². The fourth-order valence-corrected chi connectivity index (χ4v) is 2.86. The van der Waals surface area contributed by atoms with E-state index in [1.54, 1.807) is 6.07 Å². The van der Waals surface area contributed by atoms with Crippen LogP contribution in [0.1, 0.15) is 17.7 Å². The molecule has 2 heterocycles. The summed E-state index contributed by atoms with van der Waals surface area (Å²) in [6.07, 6.45) is -2.56. The van der Waals surface area contributed by atoms with Crippen LogP contribution in [0.5, 0.6) is 0 Å². The number of nitrogens with two attached hydrogens (primary N) is 1. The molecule has 0 saturated carbocycles. The Morgan fingerprint density at radius 1 is 0.957 bits per heavy atom. The monoisotopic (exact) mass is 318 g/mol. The van der Waals surface area contributed by atoms with Crippen LogP contribution in [0.25, 0.3) is 0 Å². The minimum absolute atomic E-state index is 0.192. The van der Waals surface area contributed by atoms with E-state index in [1.807, 2.05) is 23.1 Å². The second kappa shape index (κ2) is 6.91. The lowest BCUT2D eigenvalue weighted by Crippen LogP contribution is -2.47. The van der Waals surface area contributed by atoms with Crippen LogP contribution in [-0.4, -0.2) is 31.2 Å². The number of aromatic nitrogens is 1. The number of para-hydroxylation sites is 1. The minimum atomic E-state index is -2.56. The molecule has 0 bridgehead atoms. The molecular formula is C17H20F2N4. The summed E-state index contributed by atoms with van der Waals surface area (Å²) in [6, 6.07) is 13.2. The molecule has 0 aliphatic carbocycles. The predicted molar refractivity (Wildman–Crippen MR) is 88.0 cm³/mol. The Kier molecular flexibility index (Phi) is 4.71. The molecule has 1 aromatic heterocycles. The molecule has 1 fully saturated rings. The molecule has 0 atom stereocenters. The van der Waals surface area contributed by atoms with E-state index in [-0.39, 0.29) is 5.69 Å². The van der Waals surface area contributed by atoms with Crippen molar-refractivity contribution in [3.63, 3.8) is 0 Å². The number of alkyl halides is 2. The topological polar surface area (TPSA) is 45.4 Å². The molecule has 1 aromatic carbocycles. The van der Waals surface area contributed by atoms with Gasteiger partial charge in [0.1, 0.15) is 11.5 Å². The third kappa shape index (κ3) is 3.42. The van der Waals surface area contributed by atoms with Crippen molar-refractivity contribution in [2.24, 2.45) is 5.73 Å². The second-order valence-electron chi connectivity index (χ2n) is 5.53. The molecule has 23 heavy (non-hydrogen) atoms. The van der Waals surface area contributed by atoms with Gasteiger partial charge in [0, 0.05) is 44.0 Å². The van der Waals surface area contributed by atoms with E-state index >= 15 is 0 Å². The zero-order chi connectivity index (χ0) is 16.2. The van der Waals surface area contributed by atoms with Gasteiger partial charge in [-0.2, -0.15) is 0 Å². The molecule has 2 N–H and O–H groups in total. The quantitative estimate of drug-likeness (QED) is 0.941. The minimum Gasteiger partial charge on any atom is -0.368 e. The number of benzene rings is 1. The lowest BCUT2D eigenvalue weighted by atomic mass is 10.2. The van der Waals surface area contributed by atoms with Gasteiger partial charge in [0.2, 0.25) is 0 Å². The first-order valence-electron chi connectivity index (χ1n) is 7.72. The predicted octanol–water partition coefficient (Wildman–Crippen LogP) is 2.80. The van der Waals surface area contributed by atoms with E-state index in [0.29, 0.717) is 12.4 Å². The van der Waals surface area contributed by atoms with Crippen molar-refractivity contribution < 1.29 is 8.78 Å². The molecule has 1 aliphatic rings. The fourth-order valence-electron chi connectivity index (χ4n) is 2.86. The third-order valence-electron chi connectivity index (χ3n) is 4.12. The lowest BCUT2D eigenvalue weighted by Gasteiger charge is -2.37. The fraction of sp³-hybridized carbons (Fsp3) is 0.353. The summed E-state index contributed by atoms with van der Waals surface area (Å²) in [5, 5.41) is 0. The lowest BCUT2D eigenvalue weighted by molar-refractivity contribution is 0.146. The molecule has 2 aromatic rings. The zero-order valence-corrected chi connectivity index (χ0v) is 12.8. The molecule has 0 radical (unpaired) electrons. The van der Waals surface area contributed by atoms with Crippen molar-refractivity contribution in [3.05, 3.63) is 53.7 Å². The number of halogens is 2. The van der Waals surface area contributed by atoms with E-state index in [1.165, 1.54) is 11.8 Å². The van der Waals surface area contributed by atoms with Crippen molar-refractivity contribution in [2.45, 2.75) is 13.0 Å². The van der Waals surface area contributed by atoms with Gasteiger partial charge < -0.3 is 15.5 Å². The number of pyridine rings is 1. The van der Waals surface area contributed by atoms with Gasteiger partial charge in [-0.3, -0.25) is 0 Å². The van der Waals surface area contributed by atoms with E-state index in [4.69, 9.17) is 5.73 Å². The highest BCUT2D eigenvalue weighted by molar-refractivity contribution is 5.52. The molecule has 0 unspecified atom stereocenters. The van der Waals surface area contributed by atoms with Crippen LogP contribution in [-0.2, 0) is 6.54 Å². The normalized spacial score (nSPS) is 15.3. The van der Waals surface area contributed by atoms with Gasteiger partial charge >= 0.3 is 0 Å². The molecule has 0 amide bonds. The van der Waals surface area contributed by atoms with Crippen LogP contribution in [0.4, 0.5) is 20.3 Å². The summed E-state index contributed by atoms with van der Waals surface area (Å²) in [6.45, 7) is 3.43. The Labute approximate surface area is 134 Å². The Morgan fingerprint density at radius 2 is 1.61 bits per heavy atom. The summed E-state index contributed by atoms with van der Waals surface area (Å²) in [4.78, 5) is 8.48. The number of hydrogen-bond donors (Lipinski definition) is 1. The molecule has 3 rings (SSSR count). The molecule has 0 spiro atoms. The SMILES string of the molecule is NCc1ccc(C(F)F)nc1N1CCN(c2ccccc2)CC1. The first kappa shape index (κ1) is 15.7. The van der Waals surface area contributed by atoms with Crippen LogP contribution in [0.3, 0.4) is 0 Å². The standard InChI is InChI=1S/C17H20F2N4/c18-16(19)15-7-6-13(12-20)17(21-15)23-10-8-22(9-11-23)14-4-2-1-3-5-14/h1-7,16H,8-12,20H2. The summed E-state index contributed by atoms with van der Waals surface area (Å²) < 4.78 is 25.8. The van der Waals surface area contributed by atoms with Gasteiger partial charge in [0.25, 0.3) is 6.43 Å². The summed E-state index contributed by atoms with van der Waals surface area (Å²) >= 11 is 0. The molecule has 1 aliphatic heterocycles. The smallest absolute Gasteiger partial charge is 0.280 e. The second-order valence-corrected chi connectivity index (χ2v) is 5.53. The van der Waals surface area contributed by atoms with E-state index in [0.717, 1.165) is 31.7 Å². The largest absolute Gasteiger partial charge is 0.368 e. The van der Waals surface area contributed by atoms with Crippen molar-refractivity contribution in [2.75, 3.05) is 36.0 Å². The average molecular weight is 318 g/mol. The number of rotatable bonds is 4. The van der Waals surface area contributed by atoms with Gasteiger partial charge in [-0.25, -0.2) is 13.8 Å². The highest BCUT2D eigenvalue weighted by Gasteiger charge is 2.21. The van der Waals surface area contributed by atoms with Crippen molar-refractivity contribution in [1.29, 1.82) is 0 Å². The average Bonchev–Trinajstić information content (AvgIpc) is 2.62. The van der Waals surface area contributed by atoms with Gasteiger partial charge in [-0.1, -0.05) is 24.3 Å². The maximum Gasteiger partial charge on any atom is 0.280 e. The van der Waals surface area contributed by atoms with Gasteiger partial charge in [-0.15, -0.1) is 0 Å². The third-order valence-corrected chi connectivity index (χ3v) is 4.12. The highest BCUT2D eigenvalue weighted by atomic mass is 19.3. The molecule has 122 valence electrons.